The summed E-state index contributed by atoms with van der Waals surface area (Å²) in [5, 5.41) is 1.05. The highest BCUT2D eigenvalue weighted by molar-refractivity contribution is 6.01. The van der Waals surface area contributed by atoms with Gasteiger partial charge in [-0.15, -0.1) is 0 Å². The molecule has 3 aromatic rings. The van der Waals surface area contributed by atoms with Crippen molar-refractivity contribution in [2.75, 3.05) is 6.61 Å². The maximum absolute atomic E-state index is 13.7. The average Bonchev–Trinajstić information content (AvgIpc) is 3.67. The number of benzene rings is 2. The van der Waals surface area contributed by atoms with Crippen LogP contribution in [0.5, 0.6) is 0 Å². The first kappa shape index (κ1) is 27.9. The highest BCUT2D eigenvalue weighted by atomic mass is 19.1. The van der Waals surface area contributed by atoms with Gasteiger partial charge in [0.2, 0.25) is 0 Å². The predicted molar refractivity (Wildman–Crippen MR) is 149 cm³/mol. The molecular weight excluding hydrogens is 481 g/mol. The lowest BCUT2D eigenvalue weighted by atomic mass is 9.86. The van der Waals surface area contributed by atoms with Crippen LogP contribution in [0.15, 0.2) is 55.1 Å². The number of carbonyl (C=O) groups is 1. The van der Waals surface area contributed by atoms with Gasteiger partial charge in [-0.25, -0.2) is 4.39 Å². The van der Waals surface area contributed by atoms with E-state index in [0.717, 1.165) is 58.1 Å². The first-order valence-electron chi connectivity index (χ1n) is 13.2. The zero-order chi connectivity index (χ0) is 27.7. The Morgan fingerprint density at radius 1 is 1.08 bits per heavy atom. The molecule has 0 radical (unpaired) electrons. The van der Waals surface area contributed by atoms with Gasteiger partial charge in [0.1, 0.15) is 11.4 Å². The molecule has 2 fully saturated rings. The van der Waals surface area contributed by atoms with Crippen molar-refractivity contribution >= 4 is 22.4 Å². The molecule has 5 rings (SSSR count). The van der Waals surface area contributed by atoms with Gasteiger partial charge in [0, 0.05) is 35.8 Å². The van der Waals surface area contributed by atoms with E-state index in [-0.39, 0.29) is 23.5 Å². The summed E-state index contributed by atoms with van der Waals surface area (Å²) in [7, 11) is 0. The summed E-state index contributed by atoms with van der Waals surface area (Å²) < 4.78 is 30.5. The maximum atomic E-state index is 13.7. The molecule has 1 atom stereocenters. The summed E-state index contributed by atoms with van der Waals surface area (Å²) in [6.07, 6.45) is 2.87. The van der Waals surface area contributed by atoms with Crippen LogP contribution >= 0.6 is 0 Å². The van der Waals surface area contributed by atoms with Crippen LogP contribution in [0.1, 0.15) is 78.0 Å². The fourth-order valence-corrected chi connectivity index (χ4v) is 4.81. The summed E-state index contributed by atoms with van der Waals surface area (Å²) in [5.41, 5.74) is 5.76. The number of esters is 1. The first-order chi connectivity index (χ1) is 17.8. The molecule has 1 unspecified atom stereocenters. The van der Waals surface area contributed by atoms with Crippen LogP contribution in [0, 0.1) is 5.82 Å². The number of halogens is 1. The fraction of sp³-hybridized carbons (Fsp3) is 0.438. The van der Waals surface area contributed by atoms with Crippen molar-refractivity contribution in [3.63, 3.8) is 0 Å². The fourth-order valence-electron chi connectivity index (χ4n) is 4.81. The minimum atomic E-state index is -0.647. The second-order valence-electron chi connectivity index (χ2n) is 11.4. The van der Waals surface area contributed by atoms with Gasteiger partial charge in [-0.3, -0.25) is 9.78 Å². The van der Waals surface area contributed by atoms with E-state index in [1.165, 1.54) is 19.1 Å². The van der Waals surface area contributed by atoms with Crippen LogP contribution in [0.2, 0.25) is 0 Å². The van der Waals surface area contributed by atoms with Crippen LogP contribution in [0.25, 0.3) is 27.6 Å². The van der Waals surface area contributed by atoms with E-state index in [0.29, 0.717) is 12.5 Å². The van der Waals surface area contributed by atoms with Crippen molar-refractivity contribution in [1.82, 2.24) is 4.98 Å². The van der Waals surface area contributed by atoms with E-state index in [4.69, 9.17) is 19.2 Å². The number of para-hydroxylation sites is 1. The van der Waals surface area contributed by atoms with Gasteiger partial charge >= 0.3 is 5.97 Å². The zero-order valence-corrected chi connectivity index (χ0v) is 23.3. The molecule has 1 aliphatic carbocycles. The number of pyridine rings is 1. The minimum absolute atomic E-state index is 0.145. The Kier molecular flexibility index (Phi) is 8.05. The van der Waals surface area contributed by atoms with E-state index in [1.807, 2.05) is 58.9 Å². The SMILES string of the molecule is C=C(c1c(C2CC2)nc2ccccc2c1-c1ccc(F)cc1)C1CCOC(C)(C)O1.CC(=O)OC(C)(C)C. The summed E-state index contributed by atoms with van der Waals surface area (Å²) in [6, 6.07) is 14.9. The Morgan fingerprint density at radius 2 is 1.74 bits per heavy atom. The molecule has 1 aromatic heterocycles. The smallest absolute Gasteiger partial charge is 0.303 e. The molecule has 6 heteroatoms. The number of carbonyl (C=O) groups excluding carboxylic acids is 1. The molecule has 2 aliphatic rings. The molecule has 0 N–H and O–H groups in total. The Labute approximate surface area is 225 Å². The number of rotatable bonds is 4. The molecule has 0 bridgehead atoms. The number of fused-ring (bicyclic) bond motifs is 1. The van der Waals surface area contributed by atoms with Crippen molar-refractivity contribution < 1.29 is 23.4 Å². The van der Waals surface area contributed by atoms with E-state index in [1.54, 1.807) is 0 Å². The van der Waals surface area contributed by atoms with Gasteiger partial charge in [0.15, 0.2) is 5.79 Å². The highest BCUT2D eigenvalue weighted by Crippen LogP contribution is 2.48. The number of ether oxygens (including phenoxy) is 3. The number of aromatic nitrogens is 1. The Bertz CT molecular complexity index is 1320. The van der Waals surface area contributed by atoms with Gasteiger partial charge < -0.3 is 14.2 Å². The van der Waals surface area contributed by atoms with Crippen LogP contribution in [-0.4, -0.2) is 35.1 Å². The molecule has 1 aliphatic heterocycles. The van der Waals surface area contributed by atoms with Crippen LogP contribution in [0.4, 0.5) is 4.39 Å². The molecule has 2 aromatic carbocycles. The predicted octanol–water partition coefficient (Wildman–Crippen LogP) is 7.82. The summed E-state index contributed by atoms with van der Waals surface area (Å²) in [4.78, 5) is 15.3. The van der Waals surface area contributed by atoms with Gasteiger partial charge in [-0.05, 0) is 76.8 Å². The van der Waals surface area contributed by atoms with E-state index >= 15 is 0 Å². The molecule has 2 heterocycles. The summed E-state index contributed by atoms with van der Waals surface area (Å²) >= 11 is 0. The molecule has 5 nitrogen and oxygen atoms in total. The lowest BCUT2D eigenvalue weighted by Crippen LogP contribution is -2.40. The van der Waals surface area contributed by atoms with Crippen molar-refractivity contribution in [2.24, 2.45) is 0 Å². The third-order valence-electron chi connectivity index (χ3n) is 6.43. The molecule has 0 amide bonds. The lowest BCUT2D eigenvalue weighted by Gasteiger charge is -2.37. The molecular formula is C32H38FNO4. The molecule has 0 spiro atoms. The van der Waals surface area contributed by atoms with Gasteiger partial charge in [0.05, 0.1) is 23.9 Å². The molecule has 38 heavy (non-hydrogen) atoms. The monoisotopic (exact) mass is 519 g/mol. The lowest BCUT2D eigenvalue weighted by molar-refractivity contribution is -0.260. The number of hydrogen-bond acceptors (Lipinski definition) is 5. The maximum Gasteiger partial charge on any atom is 0.303 e. The molecule has 202 valence electrons. The summed E-state index contributed by atoms with van der Waals surface area (Å²) in [5.74, 6) is -0.674. The van der Waals surface area contributed by atoms with Crippen LogP contribution < -0.4 is 0 Å². The van der Waals surface area contributed by atoms with Gasteiger partial charge in [-0.2, -0.15) is 0 Å². The Morgan fingerprint density at radius 3 is 2.29 bits per heavy atom. The Hall–Kier alpha value is -3.09. The Balaban J connectivity index is 0.000000368. The average molecular weight is 520 g/mol. The molecule has 1 saturated heterocycles. The number of hydrogen-bond donors (Lipinski definition) is 0. The van der Waals surface area contributed by atoms with E-state index < -0.39 is 5.79 Å². The van der Waals surface area contributed by atoms with Crippen molar-refractivity contribution in [2.45, 2.75) is 84.2 Å². The number of nitrogens with zero attached hydrogens (tertiary/aromatic N) is 1. The largest absolute Gasteiger partial charge is 0.460 e. The third-order valence-corrected chi connectivity index (χ3v) is 6.43. The summed E-state index contributed by atoms with van der Waals surface area (Å²) in [6.45, 7) is 15.9. The van der Waals surface area contributed by atoms with Crippen LogP contribution in [-0.2, 0) is 19.0 Å². The second kappa shape index (κ2) is 11.0. The topological polar surface area (TPSA) is 57.7 Å². The van der Waals surface area contributed by atoms with E-state index in [9.17, 15) is 9.18 Å². The zero-order valence-electron chi connectivity index (χ0n) is 23.3. The van der Waals surface area contributed by atoms with Gasteiger partial charge in [-0.1, -0.05) is 36.9 Å². The minimum Gasteiger partial charge on any atom is -0.460 e. The normalized spacial score (nSPS) is 18.9. The third kappa shape index (κ3) is 6.86. The standard InChI is InChI=1S/C26H26FNO2.C6H12O2/c1-16(22-14-15-29-26(2,3)30-22)23-24(17-10-12-19(27)13-11-17)20-6-4-5-7-21(20)28-25(23)18-8-9-18;1-5(7)8-6(2,3)4/h4-7,10-13,18,22H,1,8-9,14-15H2,2-3H3;1-4H3. The van der Waals surface area contributed by atoms with Crippen molar-refractivity contribution in [1.29, 1.82) is 0 Å². The second-order valence-corrected chi connectivity index (χ2v) is 11.4. The molecule has 1 saturated carbocycles. The van der Waals surface area contributed by atoms with Crippen molar-refractivity contribution in [3.8, 4) is 11.1 Å². The van der Waals surface area contributed by atoms with Gasteiger partial charge in [0.25, 0.3) is 0 Å². The van der Waals surface area contributed by atoms with E-state index in [2.05, 4.69) is 18.7 Å². The quantitative estimate of drug-likeness (QED) is 0.329. The van der Waals surface area contributed by atoms with Crippen molar-refractivity contribution in [3.05, 3.63) is 72.2 Å². The highest BCUT2D eigenvalue weighted by Gasteiger charge is 2.36. The first-order valence-corrected chi connectivity index (χ1v) is 13.2. The van der Waals surface area contributed by atoms with Crippen LogP contribution in [0.3, 0.4) is 0 Å².